The fourth-order valence-electron chi connectivity index (χ4n) is 3.19. The maximum atomic E-state index is 13.7. The molecule has 2 aromatic carbocycles. The lowest BCUT2D eigenvalue weighted by atomic mass is 10.0. The van der Waals surface area contributed by atoms with E-state index in [1.807, 2.05) is 0 Å². The van der Waals surface area contributed by atoms with Crippen molar-refractivity contribution in [2.24, 2.45) is 0 Å². The van der Waals surface area contributed by atoms with E-state index in [0.717, 1.165) is 11.1 Å². The van der Waals surface area contributed by atoms with E-state index < -0.39 is 0 Å². The summed E-state index contributed by atoms with van der Waals surface area (Å²) in [6, 6.07) is 11.3. The van der Waals surface area contributed by atoms with Gasteiger partial charge in [0.15, 0.2) is 6.79 Å². The molecule has 0 saturated carbocycles. The normalized spacial score (nSPS) is 13.2. The van der Waals surface area contributed by atoms with E-state index in [2.05, 4.69) is 43.4 Å². The molecule has 1 aliphatic heterocycles. The lowest BCUT2D eigenvalue weighted by Gasteiger charge is -2.21. The second-order valence-electron chi connectivity index (χ2n) is 7.16. The Labute approximate surface area is 159 Å². The number of benzene rings is 2. The molecular formula is C22H26FNO3. The topological polar surface area (TPSA) is 47.6 Å². The molecule has 144 valence electrons. The number of aryl methyl sites for hydroxylation is 1. The standard InChI is InChI=1S/C22H26FNO3/c1-15(2)17-6-3-16(4-7-17)5-8-21(25)24-10-9-18-11-20(23)12-19-13-26-14-27-22(18)19/h3-4,6-7,11-12,15H,5,8-10,13-14H2,1-2H3,(H,24,25). The molecule has 3 rings (SSSR count). The number of ether oxygens (including phenoxy) is 2. The number of nitrogens with one attached hydrogen (secondary N) is 1. The molecule has 1 N–H and O–H groups in total. The zero-order valence-electron chi connectivity index (χ0n) is 15.9. The molecule has 0 aromatic heterocycles. The zero-order valence-corrected chi connectivity index (χ0v) is 15.9. The van der Waals surface area contributed by atoms with E-state index in [1.165, 1.54) is 17.7 Å². The Morgan fingerprint density at radius 1 is 1.19 bits per heavy atom. The molecule has 0 fully saturated rings. The highest BCUT2D eigenvalue weighted by Gasteiger charge is 2.17. The van der Waals surface area contributed by atoms with Crippen LogP contribution in [0.2, 0.25) is 0 Å². The molecule has 0 atom stereocenters. The van der Waals surface area contributed by atoms with Crippen LogP contribution in [0.3, 0.4) is 0 Å². The van der Waals surface area contributed by atoms with Crippen LogP contribution in [0.5, 0.6) is 5.75 Å². The van der Waals surface area contributed by atoms with Crippen LogP contribution in [0.4, 0.5) is 4.39 Å². The Bertz CT molecular complexity index is 787. The molecule has 0 saturated heterocycles. The average Bonchev–Trinajstić information content (AvgIpc) is 2.66. The lowest BCUT2D eigenvalue weighted by Crippen LogP contribution is -2.26. The quantitative estimate of drug-likeness (QED) is 0.797. The van der Waals surface area contributed by atoms with Gasteiger partial charge in [-0.2, -0.15) is 0 Å². The highest BCUT2D eigenvalue weighted by molar-refractivity contribution is 5.76. The van der Waals surface area contributed by atoms with Gasteiger partial charge >= 0.3 is 0 Å². The summed E-state index contributed by atoms with van der Waals surface area (Å²) in [5, 5.41) is 2.91. The number of hydrogen-bond donors (Lipinski definition) is 1. The van der Waals surface area contributed by atoms with Crippen LogP contribution in [0.1, 0.15) is 48.4 Å². The maximum absolute atomic E-state index is 13.7. The fourth-order valence-corrected chi connectivity index (χ4v) is 3.19. The number of halogens is 1. The summed E-state index contributed by atoms with van der Waals surface area (Å²) in [5.74, 6) is 0.875. The molecule has 0 bridgehead atoms. The third-order valence-corrected chi connectivity index (χ3v) is 4.76. The van der Waals surface area contributed by atoms with Gasteiger partial charge in [-0.15, -0.1) is 0 Å². The minimum atomic E-state index is -0.311. The number of carbonyl (C=O) groups excluding carboxylic acids is 1. The number of hydrogen-bond acceptors (Lipinski definition) is 3. The second-order valence-corrected chi connectivity index (χ2v) is 7.16. The number of fused-ring (bicyclic) bond motifs is 1. The van der Waals surface area contributed by atoms with Crippen LogP contribution in [0.15, 0.2) is 36.4 Å². The first-order chi connectivity index (χ1) is 13.0. The number of amides is 1. The van der Waals surface area contributed by atoms with Gasteiger partial charge in [0.2, 0.25) is 5.91 Å². The van der Waals surface area contributed by atoms with Gasteiger partial charge in [-0.3, -0.25) is 4.79 Å². The van der Waals surface area contributed by atoms with E-state index in [4.69, 9.17) is 9.47 Å². The van der Waals surface area contributed by atoms with Crippen LogP contribution in [0.25, 0.3) is 0 Å². The van der Waals surface area contributed by atoms with Gasteiger partial charge < -0.3 is 14.8 Å². The van der Waals surface area contributed by atoms with Gasteiger partial charge in [0.1, 0.15) is 11.6 Å². The first kappa shape index (κ1) is 19.4. The van der Waals surface area contributed by atoms with E-state index >= 15 is 0 Å². The van der Waals surface area contributed by atoms with Crippen LogP contribution in [-0.2, 0) is 29.0 Å². The molecule has 0 unspecified atom stereocenters. The Morgan fingerprint density at radius 2 is 1.96 bits per heavy atom. The molecule has 1 heterocycles. The Hall–Kier alpha value is -2.40. The fraction of sp³-hybridized carbons (Fsp3) is 0.409. The van der Waals surface area contributed by atoms with Crippen molar-refractivity contribution >= 4 is 5.91 Å². The Morgan fingerprint density at radius 3 is 2.70 bits per heavy atom. The SMILES string of the molecule is CC(C)c1ccc(CCC(=O)NCCc2cc(F)cc3c2OCOC3)cc1. The van der Waals surface area contributed by atoms with E-state index in [1.54, 1.807) is 0 Å². The van der Waals surface area contributed by atoms with Crippen LogP contribution < -0.4 is 10.1 Å². The van der Waals surface area contributed by atoms with E-state index in [-0.39, 0.29) is 18.5 Å². The molecule has 1 aliphatic rings. The second kappa shape index (κ2) is 9.00. The van der Waals surface area contributed by atoms with Crippen LogP contribution in [-0.4, -0.2) is 19.2 Å². The van der Waals surface area contributed by atoms with Crippen molar-refractivity contribution in [3.8, 4) is 5.75 Å². The molecular weight excluding hydrogens is 345 g/mol. The van der Waals surface area contributed by atoms with Gasteiger partial charge in [-0.25, -0.2) is 4.39 Å². The average molecular weight is 371 g/mol. The monoisotopic (exact) mass is 371 g/mol. The van der Waals surface area contributed by atoms with Gasteiger partial charge in [0.25, 0.3) is 0 Å². The molecule has 5 heteroatoms. The summed E-state index contributed by atoms with van der Waals surface area (Å²) in [7, 11) is 0. The predicted octanol–water partition coefficient (Wildman–Crippen LogP) is 4.11. The summed E-state index contributed by atoms with van der Waals surface area (Å²) in [6.07, 6.45) is 1.67. The summed E-state index contributed by atoms with van der Waals surface area (Å²) in [5.41, 5.74) is 3.93. The summed E-state index contributed by atoms with van der Waals surface area (Å²) >= 11 is 0. The Kier molecular flexibility index (Phi) is 6.45. The van der Waals surface area contributed by atoms with Gasteiger partial charge in [0.05, 0.1) is 6.61 Å². The minimum absolute atomic E-state index is 0.00235. The molecule has 4 nitrogen and oxygen atoms in total. The van der Waals surface area contributed by atoms with E-state index in [9.17, 15) is 9.18 Å². The largest absolute Gasteiger partial charge is 0.467 e. The molecule has 0 aliphatic carbocycles. The first-order valence-electron chi connectivity index (χ1n) is 9.40. The number of carbonyl (C=O) groups is 1. The van der Waals surface area contributed by atoms with Crippen molar-refractivity contribution < 1.29 is 18.7 Å². The van der Waals surface area contributed by atoms with Gasteiger partial charge in [0, 0.05) is 18.5 Å². The smallest absolute Gasteiger partial charge is 0.220 e. The third-order valence-electron chi connectivity index (χ3n) is 4.76. The molecule has 0 radical (unpaired) electrons. The molecule has 1 amide bonds. The van der Waals surface area contributed by atoms with Crippen molar-refractivity contribution in [1.29, 1.82) is 0 Å². The van der Waals surface area contributed by atoms with Gasteiger partial charge in [-0.1, -0.05) is 38.1 Å². The highest BCUT2D eigenvalue weighted by atomic mass is 19.1. The summed E-state index contributed by atoms with van der Waals surface area (Å²) in [4.78, 5) is 12.1. The Balaban J connectivity index is 1.47. The molecule has 0 spiro atoms. The number of rotatable bonds is 7. The van der Waals surface area contributed by atoms with Crippen LogP contribution in [0, 0.1) is 5.82 Å². The summed E-state index contributed by atoms with van der Waals surface area (Å²) in [6.45, 7) is 5.30. The van der Waals surface area contributed by atoms with Crippen LogP contribution >= 0.6 is 0 Å². The third kappa shape index (κ3) is 5.30. The van der Waals surface area contributed by atoms with Crippen molar-refractivity contribution in [2.75, 3.05) is 13.3 Å². The van der Waals surface area contributed by atoms with Crippen molar-refractivity contribution in [3.05, 3.63) is 64.5 Å². The molecule has 27 heavy (non-hydrogen) atoms. The van der Waals surface area contributed by atoms with Crippen molar-refractivity contribution in [1.82, 2.24) is 5.32 Å². The predicted molar refractivity (Wildman–Crippen MR) is 102 cm³/mol. The maximum Gasteiger partial charge on any atom is 0.220 e. The van der Waals surface area contributed by atoms with Gasteiger partial charge in [-0.05, 0) is 47.6 Å². The lowest BCUT2D eigenvalue weighted by molar-refractivity contribution is -0.121. The van der Waals surface area contributed by atoms with Crippen molar-refractivity contribution in [2.45, 2.75) is 45.6 Å². The highest BCUT2D eigenvalue weighted by Crippen LogP contribution is 2.29. The van der Waals surface area contributed by atoms with Crippen molar-refractivity contribution in [3.63, 3.8) is 0 Å². The summed E-state index contributed by atoms with van der Waals surface area (Å²) < 4.78 is 24.4. The molecule has 2 aromatic rings. The first-order valence-corrected chi connectivity index (χ1v) is 9.40. The minimum Gasteiger partial charge on any atom is -0.467 e. The van der Waals surface area contributed by atoms with E-state index in [0.29, 0.717) is 49.6 Å². The zero-order chi connectivity index (χ0) is 19.2.